The van der Waals surface area contributed by atoms with E-state index in [9.17, 15) is 13.6 Å². The molecule has 0 saturated carbocycles. The molecule has 2 aromatic rings. The van der Waals surface area contributed by atoms with Crippen molar-refractivity contribution in [1.29, 1.82) is 0 Å². The summed E-state index contributed by atoms with van der Waals surface area (Å²) in [7, 11) is 0. The summed E-state index contributed by atoms with van der Waals surface area (Å²) in [6.07, 6.45) is 0. The van der Waals surface area contributed by atoms with Crippen LogP contribution in [0, 0.1) is 11.6 Å². The molecule has 0 aliphatic rings. The molecule has 0 aliphatic carbocycles. The van der Waals surface area contributed by atoms with Crippen LogP contribution in [0.3, 0.4) is 0 Å². The van der Waals surface area contributed by atoms with Gasteiger partial charge in [-0.05, 0) is 29.8 Å². The molecule has 1 amide bonds. The van der Waals surface area contributed by atoms with Gasteiger partial charge in [0.05, 0.1) is 0 Å². The van der Waals surface area contributed by atoms with Crippen LogP contribution in [0.2, 0.25) is 0 Å². The largest absolute Gasteiger partial charge is 0.503 e. The second kappa shape index (κ2) is 5.48. The van der Waals surface area contributed by atoms with Gasteiger partial charge in [0.15, 0.2) is 17.4 Å². The van der Waals surface area contributed by atoms with Crippen LogP contribution in [0.25, 0.3) is 0 Å². The first-order valence-electron chi connectivity index (χ1n) is 5.58. The Balaban J connectivity index is 2.05. The van der Waals surface area contributed by atoms with Gasteiger partial charge in [-0.25, -0.2) is 8.78 Å². The van der Waals surface area contributed by atoms with Crippen LogP contribution in [0.5, 0.6) is 5.75 Å². The first-order valence-corrected chi connectivity index (χ1v) is 5.58. The Bertz CT molecular complexity index is 577. The number of rotatable bonds is 3. The topological polar surface area (TPSA) is 49.3 Å². The van der Waals surface area contributed by atoms with Gasteiger partial charge >= 0.3 is 0 Å². The molecule has 0 saturated heterocycles. The molecule has 2 rings (SSSR count). The van der Waals surface area contributed by atoms with Crippen molar-refractivity contribution in [1.82, 2.24) is 5.32 Å². The zero-order chi connectivity index (χ0) is 13.8. The lowest BCUT2D eigenvalue weighted by Crippen LogP contribution is -2.22. The third kappa shape index (κ3) is 3.07. The number of benzene rings is 2. The summed E-state index contributed by atoms with van der Waals surface area (Å²) in [5.74, 6) is -3.46. The number of carbonyl (C=O) groups is 1. The summed E-state index contributed by atoms with van der Waals surface area (Å²) < 4.78 is 26.2. The van der Waals surface area contributed by atoms with Crippen molar-refractivity contribution in [2.45, 2.75) is 6.54 Å². The SMILES string of the molecule is O=C(NCc1cc(F)c(O)c(F)c1)c1ccccc1. The van der Waals surface area contributed by atoms with Crippen molar-refractivity contribution in [2.75, 3.05) is 0 Å². The van der Waals surface area contributed by atoms with E-state index in [-0.39, 0.29) is 18.0 Å². The minimum Gasteiger partial charge on any atom is -0.503 e. The van der Waals surface area contributed by atoms with Gasteiger partial charge in [0.2, 0.25) is 0 Å². The fourth-order valence-corrected chi connectivity index (χ4v) is 1.59. The Morgan fingerprint density at radius 3 is 2.26 bits per heavy atom. The summed E-state index contributed by atoms with van der Waals surface area (Å²) >= 11 is 0. The lowest BCUT2D eigenvalue weighted by molar-refractivity contribution is 0.0951. The zero-order valence-electron chi connectivity index (χ0n) is 9.86. The molecule has 98 valence electrons. The van der Waals surface area contributed by atoms with Crippen molar-refractivity contribution in [3.05, 3.63) is 65.2 Å². The van der Waals surface area contributed by atoms with Gasteiger partial charge in [-0.3, -0.25) is 4.79 Å². The van der Waals surface area contributed by atoms with Crippen molar-refractivity contribution in [2.24, 2.45) is 0 Å². The Morgan fingerprint density at radius 2 is 1.68 bits per heavy atom. The van der Waals surface area contributed by atoms with Gasteiger partial charge < -0.3 is 10.4 Å². The number of nitrogens with one attached hydrogen (secondary N) is 1. The predicted molar refractivity (Wildman–Crippen MR) is 65.6 cm³/mol. The van der Waals surface area contributed by atoms with E-state index in [4.69, 9.17) is 5.11 Å². The summed E-state index contributed by atoms with van der Waals surface area (Å²) in [5, 5.41) is 11.5. The molecule has 5 heteroatoms. The number of amides is 1. The molecule has 0 spiro atoms. The minimum atomic E-state index is -1.05. The van der Waals surface area contributed by atoms with Crippen LogP contribution in [0.15, 0.2) is 42.5 Å². The first-order chi connectivity index (χ1) is 9.08. The van der Waals surface area contributed by atoms with Crippen molar-refractivity contribution < 1.29 is 18.7 Å². The van der Waals surface area contributed by atoms with E-state index in [0.29, 0.717) is 5.56 Å². The molecular formula is C14H11F2NO2. The highest BCUT2D eigenvalue weighted by Gasteiger charge is 2.10. The van der Waals surface area contributed by atoms with Crippen LogP contribution in [-0.4, -0.2) is 11.0 Å². The fourth-order valence-electron chi connectivity index (χ4n) is 1.59. The fraction of sp³-hybridized carbons (Fsp3) is 0.0714. The Kier molecular flexibility index (Phi) is 3.75. The third-order valence-electron chi connectivity index (χ3n) is 2.57. The van der Waals surface area contributed by atoms with Gasteiger partial charge in [0, 0.05) is 12.1 Å². The molecule has 0 aliphatic heterocycles. The van der Waals surface area contributed by atoms with Crippen molar-refractivity contribution in [3.63, 3.8) is 0 Å². The molecule has 0 fully saturated rings. The van der Waals surface area contributed by atoms with Crippen molar-refractivity contribution >= 4 is 5.91 Å². The van der Waals surface area contributed by atoms with Crippen LogP contribution in [0.1, 0.15) is 15.9 Å². The highest BCUT2D eigenvalue weighted by atomic mass is 19.1. The minimum absolute atomic E-state index is 0.0259. The third-order valence-corrected chi connectivity index (χ3v) is 2.57. The van der Waals surface area contributed by atoms with Crippen molar-refractivity contribution in [3.8, 4) is 5.75 Å². The molecule has 0 aromatic heterocycles. The average molecular weight is 263 g/mol. The molecule has 2 aromatic carbocycles. The van der Waals surface area contributed by atoms with Gasteiger partial charge in [0.1, 0.15) is 0 Å². The first kappa shape index (κ1) is 13.0. The zero-order valence-corrected chi connectivity index (χ0v) is 9.86. The van der Waals surface area contributed by atoms with Crippen LogP contribution >= 0.6 is 0 Å². The molecule has 0 unspecified atom stereocenters. The maximum absolute atomic E-state index is 13.1. The Morgan fingerprint density at radius 1 is 1.11 bits per heavy atom. The summed E-state index contributed by atoms with van der Waals surface area (Å²) in [5.41, 5.74) is 0.694. The number of halogens is 2. The highest BCUT2D eigenvalue weighted by Crippen LogP contribution is 2.21. The van der Waals surface area contributed by atoms with E-state index >= 15 is 0 Å². The molecule has 0 radical (unpaired) electrons. The van der Waals surface area contributed by atoms with E-state index in [0.717, 1.165) is 12.1 Å². The molecule has 2 N–H and O–H groups in total. The molecule has 19 heavy (non-hydrogen) atoms. The summed E-state index contributed by atoms with van der Waals surface area (Å²) in [6.45, 7) is -0.0259. The van der Waals surface area contributed by atoms with Crippen LogP contribution in [-0.2, 0) is 6.54 Å². The number of hydrogen-bond acceptors (Lipinski definition) is 2. The predicted octanol–water partition coefficient (Wildman–Crippen LogP) is 2.60. The highest BCUT2D eigenvalue weighted by molar-refractivity contribution is 5.94. The van der Waals surface area contributed by atoms with E-state index in [1.807, 2.05) is 0 Å². The monoisotopic (exact) mass is 263 g/mol. The maximum Gasteiger partial charge on any atom is 0.251 e. The molecular weight excluding hydrogens is 252 g/mol. The molecule has 0 bridgehead atoms. The second-order valence-electron chi connectivity index (χ2n) is 3.96. The number of aromatic hydroxyl groups is 1. The molecule has 0 heterocycles. The van der Waals surface area contributed by atoms with E-state index in [2.05, 4.69) is 5.32 Å². The summed E-state index contributed by atoms with van der Waals surface area (Å²) in [4.78, 5) is 11.7. The van der Waals surface area contributed by atoms with Gasteiger partial charge in [0.25, 0.3) is 5.91 Å². The van der Waals surface area contributed by atoms with Gasteiger partial charge in [-0.15, -0.1) is 0 Å². The Labute approximate surface area is 108 Å². The number of phenols is 1. The molecule has 0 atom stereocenters. The van der Waals surface area contributed by atoms with Gasteiger partial charge in [-0.2, -0.15) is 0 Å². The molecule has 3 nitrogen and oxygen atoms in total. The second-order valence-corrected chi connectivity index (χ2v) is 3.96. The Hall–Kier alpha value is -2.43. The normalized spacial score (nSPS) is 10.2. The quantitative estimate of drug-likeness (QED) is 0.894. The summed E-state index contributed by atoms with van der Waals surface area (Å²) in [6, 6.07) is 10.4. The lowest BCUT2D eigenvalue weighted by atomic mass is 10.1. The standard InChI is InChI=1S/C14H11F2NO2/c15-11-6-9(7-12(16)13(11)18)8-17-14(19)10-4-2-1-3-5-10/h1-7,18H,8H2,(H,17,19). The number of hydrogen-bond donors (Lipinski definition) is 2. The number of phenolic OH excluding ortho intramolecular Hbond substituents is 1. The van der Waals surface area contributed by atoms with Gasteiger partial charge in [-0.1, -0.05) is 18.2 Å². The van der Waals surface area contributed by atoms with Crippen LogP contribution < -0.4 is 5.32 Å². The van der Waals surface area contributed by atoms with E-state index in [1.54, 1.807) is 30.3 Å². The average Bonchev–Trinajstić information content (AvgIpc) is 2.43. The van der Waals surface area contributed by atoms with Crippen LogP contribution in [0.4, 0.5) is 8.78 Å². The maximum atomic E-state index is 13.1. The van der Waals surface area contributed by atoms with E-state index < -0.39 is 17.4 Å². The number of carbonyl (C=O) groups excluding carboxylic acids is 1. The lowest BCUT2D eigenvalue weighted by Gasteiger charge is -2.06. The smallest absolute Gasteiger partial charge is 0.251 e. The van der Waals surface area contributed by atoms with E-state index in [1.165, 1.54) is 0 Å².